The number of nitrogens with one attached hydrogen (secondary N) is 1. The molecule has 0 amide bonds. The number of nitrogens with zero attached hydrogens (tertiary/aromatic N) is 1. The highest BCUT2D eigenvalue weighted by Crippen LogP contribution is 2.27. The molecule has 1 fully saturated rings. The molecule has 18 heavy (non-hydrogen) atoms. The van der Waals surface area contributed by atoms with Crippen LogP contribution < -0.4 is 5.32 Å². The van der Waals surface area contributed by atoms with E-state index in [0.717, 1.165) is 35.1 Å². The van der Waals surface area contributed by atoms with E-state index in [-0.39, 0.29) is 24.8 Å². The highest BCUT2D eigenvalue weighted by molar-refractivity contribution is 9.11. The number of rotatable bonds is 2. The molecular formula is C12H18Br2Cl2N2. The zero-order chi connectivity index (χ0) is 11.5. The van der Waals surface area contributed by atoms with Crippen molar-refractivity contribution < 1.29 is 0 Å². The molecule has 1 heterocycles. The van der Waals surface area contributed by atoms with Crippen molar-refractivity contribution in [2.75, 3.05) is 26.2 Å². The number of hydrogen-bond acceptors (Lipinski definition) is 2. The van der Waals surface area contributed by atoms with Crippen molar-refractivity contribution in [2.45, 2.75) is 13.0 Å². The normalized spacial score (nSPS) is 17.5. The Morgan fingerprint density at radius 2 is 1.56 bits per heavy atom. The average molecular weight is 421 g/mol. The van der Waals surface area contributed by atoms with Crippen LogP contribution in [0.1, 0.15) is 18.5 Å². The maximum Gasteiger partial charge on any atom is 0.0321 e. The Balaban J connectivity index is 0.00000144. The first kappa shape index (κ1) is 18.7. The summed E-state index contributed by atoms with van der Waals surface area (Å²) in [5.41, 5.74) is 1.36. The van der Waals surface area contributed by atoms with E-state index in [0.29, 0.717) is 6.04 Å². The fraction of sp³-hybridized carbons (Fsp3) is 0.500. The molecule has 1 aliphatic rings. The van der Waals surface area contributed by atoms with Gasteiger partial charge in [-0.2, -0.15) is 0 Å². The van der Waals surface area contributed by atoms with Crippen molar-refractivity contribution in [1.29, 1.82) is 0 Å². The minimum absolute atomic E-state index is 0. The summed E-state index contributed by atoms with van der Waals surface area (Å²) in [6.45, 7) is 6.73. The van der Waals surface area contributed by atoms with Gasteiger partial charge in [-0.15, -0.1) is 24.8 Å². The molecule has 104 valence electrons. The van der Waals surface area contributed by atoms with Crippen LogP contribution in [0.15, 0.2) is 27.1 Å². The summed E-state index contributed by atoms with van der Waals surface area (Å²) in [6.07, 6.45) is 0. The molecular weight excluding hydrogens is 403 g/mol. The second kappa shape index (κ2) is 8.77. The SMILES string of the molecule is C[C@@H](c1cc(Br)cc(Br)c1)N1CCNCC1.Cl.Cl. The molecule has 6 heteroatoms. The molecule has 0 aromatic heterocycles. The summed E-state index contributed by atoms with van der Waals surface area (Å²) in [4.78, 5) is 2.52. The zero-order valence-electron chi connectivity index (χ0n) is 10.2. The Hall–Kier alpha value is 0.680. The van der Waals surface area contributed by atoms with E-state index in [1.54, 1.807) is 0 Å². The summed E-state index contributed by atoms with van der Waals surface area (Å²) in [7, 11) is 0. The van der Waals surface area contributed by atoms with E-state index in [1.807, 2.05) is 0 Å². The first-order valence-electron chi connectivity index (χ1n) is 5.57. The zero-order valence-corrected chi connectivity index (χ0v) is 15.0. The van der Waals surface area contributed by atoms with E-state index in [1.165, 1.54) is 5.56 Å². The highest BCUT2D eigenvalue weighted by atomic mass is 79.9. The third-order valence-corrected chi connectivity index (χ3v) is 3.98. The average Bonchev–Trinajstić information content (AvgIpc) is 2.28. The number of benzene rings is 1. The Bertz CT molecular complexity index is 351. The van der Waals surface area contributed by atoms with Crippen LogP contribution >= 0.6 is 56.7 Å². The van der Waals surface area contributed by atoms with Gasteiger partial charge in [-0.05, 0) is 30.7 Å². The van der Waals surface area contributed by atoms with Crippen molar-refractivity contribution in [3.8, 4) is 0 Å². The summed E-state index contributed by atoms with van der Waals surface area (Å²) in [6, 6.07) is 6.97. The first-order chi connectivity index (χ1) is 7.66. The Labute approximate surface area is 138 Å². The second-order valence-electron chi connectivity index (χ2n) is 4.16. The van der Waals surface area contributed by atoms with Crippen LogP contribution in [-0.4, -0.2) is 31.1 Å². The predicted octanol–water partition coefficient (Wildman–Crippen LogP) is 4.02. The molecule has 0 aliphatic carbocycles. The lowest BCUT2D eigenvalue weighted by molar-refractivity contribution is 0.185. The third-order valence-electron chi connectivity index (χ3n) is 3.07. The van der Waals surface area contributed by atoms with Crippen molar-refractivity contribution in [2.24, 2.45) is 0 Å². The van der Waals surface area contributed by atoms with Crippen molar-refractivity contribution in [3.63, 3.8) is 0 Å². The van der Waals surface area contributed by atoms with Crippen LogP contribution in [0.25, 0.3) is 0 Å². The quantitative estimate of drug-likeness (QED) is 0.777. The van der Waals surface area contributed by atoms with Gasteiger partial charge in [-0.1, -0.05) is 31.9 Å². The van der Waals surface area contributed by atoms with Gasteiger partial charge in [0.05, 0.1) is 0 Å². The number of piperazine rings is 1. The third kappa shape index (κ3) is 4.99. The lowest BCUT2D eigenvalue weighted by Crippen LogP contribution is -2.44. The predicted molar refractivity (Wildman–Crippen MR) is 89.2 cm³/mol. The fourth-order valence-electron chi connectivity index (χ4n) is 2.10. The van der Waals surface area contributed by atoms with Gasteiger partial charge in [0.25, 0.3) is 0 Å². The Morgan fingerprint density at radius 3 is 2.06 bits per heavy atom. The maximum atomic E-state index is 3.54. The summed E-state index contributed by atoms with van der Waals surface area (Å²) in [5, 5.41) is 3.38. The molecule has 1 N–H and O–H groups in total. The van der Waals surface area contributed by atoms with E-state index in [4.69, 9.17) is 0 Å². The Morgan fingerprint density at radius 1 is 1.06 bits per heavy atom. The minimum atomic E-state index is 0. The molecule has 0 saturated carbocycles. The van der Waals surface area contributed by atoms with Crippen LogP contribution in [0.2, 0.25) is 0 Å². The summed E-state index contributed by atoms with van der Waals surface area (Å²) < 4.78 is 2.28. The molecule has 1 atom stereocenters. The molecule has 0 bridgehead atoms. The van der Waals surface area contributed by atoms with E-state index in [9.17, 15) is 0 Å². The Kier molecular flexibility index (Phi) is 9.10. The molecule has 1 aliphatic heterocycles. The monoisotopic (exact) mass is 418 g/mol. The van der Waals surface area contributed by atoms with E-state index < -0.39 is 0 Å². The topological polar surface area (TPSA) is 15.3 Å². The standard InChI is InChI=1S/C12H16Br2N2.2ClH/c1-9(16-4-2-15-3-5-16)10-6-11(13)8-12(14)7-10;;/h6-9,15H,2-5H2,1H3;2*1H/t9-;;/m0../s1. The highest BCUT2D eigenvalue weighted by Gasteiger charge is 2.18. The van der Waals surface area contributed by atoms with Gasteiger partial charge >= 0.3 is 0 Å². The second-order valence-corrected chi connectivity index (χ2v) is 6.00. The molecule has 1 aromatic carbocycles. The van der Waals surface area contributed by atoms with Gasteiger partial charge in [0.15, 0.2) is 0 Å². The molecule has 0 radical (unpaired) electrons. The van der Waals surface area contributed by atoms with E-state index >= 15 is 0 Å². The largest absolute Gasteiger partial charge is 0.314 e. The number of hydrogen-bond donors (Lipinski definition) is 1. The van der Waals surface area contributed by atoms with Gasteiger partial charge in [0, 0.05) is 41.2 Å². The molecule has 1 saturated heterocycles. The van der Waals surface area contributed by atoms with Gasteiger partial charge in [0.1, 0.15) is 0 Å². The van der Waals surface area contributed by atoms with E-state index in [2.05, 4.69) is 67.2 Å². The van der Waals surface area contributed by atoms with Crippen molar-refractivity contribution in [1.82, 2.24) is 10.2 Å². The molecule has 0 spiro atoms. The minimum Gasteiger partial charge on any atom is -0.314 e. The summed E-state index contributed by atoms with van der Waals surface area (Å²) >= 11 is 7.09. The lowest BCUT2D eigenvalue weighted by Gasteiger charge is -2.33. The maximum absolute atomic E-state index is 3.54. The van der Waals surface area contributed by atoms with Gasteiger partial charge in [-0.3, -0.25) is 4.90 Å². The molecule has 1 aromatic rings. The smallest absolute Gasteiger partial charge is 0.0321 e. The molecule has 0 unspecified atom stereocenters. The fourth-order valence-corrected chi connectivity index (χ4v) is 3.43. The summed E-state index contributed by atoms with van der Waals surface area (Å²) in [5.74, 6) is 0. The van der Waals surface area contributed by atoms with Crippen LogP contribution in [-0.2, 0) is 0 Å². The van der Waals surface area contributed by atoms with Gasteiger partial charge in [-0.25, -0.2) is 0 Å². The van der Waals surface area contributed by atoms with Crippen LogP contribution in [0.5, 0.6) is 0 Å². The van der Waals surface area contributed by atoms with Gasteiger partial charge in [0.2, 0.25) is 0 Å². The van der Waals surface area contributed by atoms with Gasteiger partial charge < -0.3 is 5.32 Å². The van der Waals surface area contributed by atoms with Crippen LogP contribution in [0.4, 0.5) is 0 Å². The lowest BCUT2D eigenvalue weighted by atomic mass is 10.1. The van der Waals surface area contributed by atoms with Crippen molar-refractivity contribution in [3.05, 3.63) is 32.7 Å². The molecule has 2 nitrogen and oxygen atoms in total. The first-order valence-corrected chi connectivity index (χ1v) is 7.16. The molecule has 2 rings (SSSR count). The number of halogens is 4. The van der Waals surface area contributed by atoms with Crippen LogP contribution in [0, 0.1) is 0 Å². The van der Waals surface area contributed by atoms with Crippen molar-refractivity contribution >= 4 is 56.7 Å². The van der Waals surface area contributed by atoms with Crippen LogP contribution in [0.3, 0.4) is 0 Å².